The molecule has 1 amide bonds. The van der Waals surface area contributed by atoms with Crippen LogP contribution in [0.3, 0.4) is 0 Å². The minimum atomic E-state index is -3.85. The molecule has 32 heavy (non-hydrogen) atoms. The van der Waals surface area contributed by atoms with Gasteiger partial charge in [0, 0.05) is 30.7 Å². The second-order valence-corrected chi connectivity index (χ2v) is 10.2. The van der Waals surface area contributed by atoms with Crippen molar-refractivity contribution in [1.82, 2.24) is 14.5 Å². The number of halogens is 2. The number of hydrogen-bond donors (Lipinski definition) is 1. The summed E-state index contributed by atoms with van der Waals surface area (Å²) in [7, 11) is -2.26. The van der Waals surface area contributed by atoms with E-state index in [1.165, 1.54) is 40.9 Å². The molecular formula is C21H24ClFN4O3S2. The molecule has 0 spiro atoms. The number of nitrogens with zero attached hydrogens (tertiary/aromatic N) is 3. The van der Waals surface area contributed by atoms with Crippen LogP contribution in [-0.4, -0.2) is 41.6 Å². The smallest absolute Gasteiger partial charge is 0.238 e. The number of sulfonamides is 1. The number of amides is 1. The van der Waals surface area contributed by atoms with Crippen molar-refractivity contribution in [2.45, 2.75) is 42.9 Å². The fourth-order valence-corrected chi connectivity index (χ4v) is 4.89. The topological polar surface area (TPSA) is 98.3 Å². The molecule has 3 rings (SSSR count). The molecule has 0 unspecified atom stereocenters. The van der Waals surface area contributed by atoms with Crippen LogP contribution in [0.25, 0.3) is 11.0 Å². The predicted octanol–water partition coefficient (Wildman–Crippen LogP) is 4.03. The van der Waals surface area contributed by atoms with Gasteiger partial charge in [-0.3, -0.25) is 4.79 Å². The van der Waals surface area contributed by atoms with Gasteiger partial charge in [0.15, 0.2) is 5.16 Å². The van der Waals surface area contributed by atoms with E-state index in [1.807, 2.05) is 4.57 Å². The van der Waals surface area contributed by atoms with E-state index < -0.39 is 15.8 Å². The van der Waals surface area contributed by atoms with Crippen molar-refractivity contribution in [3.8, 4) is 0 Å². The maximum atomic E-state index is 14.0. The number of benzene rings is 2. The maximum Gasteiger partial charge on any atom is 0.238 e. The average molecular weight is 499 g/mol. The van der Waals surface area contributed by atoms with Gasteiger partial charge in [0.2, 0.25) is 15.9 Å². The van der Waals surface area contributed by atoms with E-state index in [1.54, 1.807) is 19.2 Å². The summed E-state index contributed by atoms with van der Waals surface area (Å²) in [4.78, 5) is 18.6. The van der Waals surface area contributed by atoms with E-state index in [-0.39, 0.29) is 33.7 Å². The molecule has 172 valence electrons. The van der Waals surface area contributed by atoms with Gasteiger partial charge < -0.3 is 9.47 Å². The van der Waals surface area contributed by atoms with Crippen molar-refractivity contribution in [1.29, 1.82) is 0 Å². The Labute approximate surface area is 195 Å². The molecule has 2 N–H and O–H groups in total. The van der Waals surface area contributed by atoms with Crippen LogP contribution in [0.5, 0.6) is 0 Å². The Morgan fingerprint density at radius 3 is 2.72 bits per heavy atom. The molecule has 0 atom stereocenters. The summed E-state index contributed by atoms with van der Waals surface area (Å²) in [5.41, 5.74) is 1.53. The Bertz CT molecular complexity index is 1230. The van der Waals surface area contributed by atoms with Crippen LogP contribution >= 0.6 is 23.4 Å². The lowest BCUT2D eigenvalue weighted by Crippen LogP contribution is -2.28. The summed E-state index contributed by atoms with van der Waals surface area (Å²) < 4.78 is 39.4. The van der Waals surface area contributed by atoms with Gasteiger partial charge in [0.25, 0.3) is 0 Å². The molecule has 3 aromatic rings. The first-order valence-corrected chi connectivity index (χ1v) is 12.9. The lowest BCUT2D eigenvalue weighted by atomic mass is 10.2. The average Bonchev–Trinajstić information content (AvgIpc) is 3.09. The Morgan fingerprint density at radius 2 is 2.06 bits per heavy atom. The lowest BCUT2D eigenvalue weighted by molar-refractivity contribution is -0.127. The molecule has 0 fully saturated rings. The Balaban J connectivity index is 1.80. The van der Waals surface area contributed by atoms with Gasteiger partial charge in [-0.2, -0.15) is 0 Å². The quantitative estimate of drug-likeness (QED) is 0.449. The predicted molar refractivity (Wildman–Crippen MR) is 125 cm³/mol. The Hall–Kier alpha value is -2.14. The minimum Gasteiger partial charge on any atom is -0.341 e. The largest absolute Gasteiger partial charge is 0.341 e. The molecular weight excluding hydrogens is 475 g/mol. The number of primary sulfonamides is 1. The minimum absolute atomic E-state index is 0.0146. The Morgan fingerprint density at radius 1 is 1.31 bits per heavy atom. The molecule has 0 radical (unpaired) electrons. The zero-order chi connectivity index (χ0) is 23.5. The number of thioether (sulfide) groups is 1. The van der Waals surface area contributed by atoms with Gasteiger partial charge in [0.1, 0.15) is 5.82 Å². The molecule has 7 nitrogen and oxygen atoms in total. The van der Waals surface area contributed by atoms with E-state index in [0.717, 1.165) is 18.4 Å². The van der Waals surface area contributed by atoms with Crippen LogP contribution < -0.4 is 5.14 Å². The number of unbranched alkanes of at least 4 members (excludes halogenated alkanes) is 1. The van der Waals surface area contributed by atoms with Crippen molar-refractivity contribution in [3.63, 3.8) is 0 Å². The number of rotatable bonds is 9. The number of hydrogen-bond acceptors (Lipinski definition) is 5. The van der Waals surface area contributed by atoms with Crippen LogP contribution in [0.1, 0.15) is 25.3 Å². The van der Waals surface area contributed by atoms with Crippen LogP contribution in [-0.2, 0) is 27.9 Å². The summed E-state index contributed by atoms with van der Waals surface area (Å²) in [6.07, 6.45) is 1.86. The van der Waals surface area contributed by atoms with Gasteiger partial charge in [-0.15, -0.1) is 0 Å². The first kappa shape index (κ1) is 24.5. The summed E-state index contributed by atoms with van der Waals surface area (Å²) in [5.74, 6) is -0.592. The van der Waals surface area contributed by atoms with Crippen LogP contribution in [0.15, 0.2) is 46.5 Å². The van der Waals surface area contributed by atoms with Crippen molar-refractivity contribution >= 4 is 50.3 Å². The zero-order valence-electron chi connectivity index (χ0n) is 17.7. The summed E-state index contributed by atoms with van der Waals surface area (Å²) in [6.45, 7) is 2.80. The van der Waals surface area contributed by atoms with Crippen molar-refractivity contribution in [2.75, 3.05) is 12.8 Å². The van der Waals surface area contributed by atoms with Crippen LogP contribution in [0, 0.1) is 5.82 Å². The van der Waals surface area contributed by atoms with Crippen LogP contribution in [0.4, 0.5) is 4.39 Å². The highest BCUT2D eigenvalue weighted by molar-refractivity contribution is 7.99. The number of carbonyl (C=O) groups is 1. The van der Waals surface area contributed by atoms with E-state index >= 15 is 0 Å². The number of carbonyl (C=O) groups excluding carboxylic acids is 1. The number of aromatic nitrogens is 2. The van der Waals surface area contributed by atoms with E-state index in [0.29, 0.717) is 17.2 Å². The van der Waals surface area contributed by atoms with Gasteiger partial charge >= 0.3 is 0 Å². The summed E-state index contributed by atoms with van der Waals surface area (Å²) >= 11 is 7.31. The third-order valence-electron chi connectivity index (χ3n) is 4.96. The van der Waals surface area contributed by atoms with Gasteiger partial charge in [-0.25, -0.2) is 22.9 Å². The van der Waals surface area contributed by atoms with Crippen molar-refractivity contribution < 1.29 is 17.6 Å². The molecule has 0 saturated heterocycles. The summed E-state index contributed by atoms with van der Waals surface area (Å²) in [5, 5.41) is 6.11. The van der Waals surface area contributed by atoms with Gasteiger partial charge in [0.05, 0.1) is 21.7 Å². The molecule has 1 aromatic heterocycles. The highest BCUT2D eigenvalue weighted by Gasteiger charge is 2.18. The van der Waals surface area contributed by atoms with Crippen molar-refractivity contribution in [2.24, 2.45) is 5.14 Å². The van der Waals surface area contributed by atoms with Crippen molar-refractivity contribution in [3.05, 3.63) is 52.8 Å². The SMILES string of the molecule is CCCCn1c(SCC(=O)N(C)Cc2c(F)cccc2Cl)nc2cc(S(N)(=O)=O)ccc21. The fraction of sp³-hybridized carbons (Fsp3) is 0.333. The standard InChI is InChI=1S/C21H24ClFN4O3S2/c1-3-4-10-27-19-9-8-14(32(24,29)30)11-18(19)25-21(27)31-13-20(28)26(2)12-15-16(22)6-5-7-17(15)23/h5-9,11H,3-4,10,12-13H2,1-2H3,(H2,24,29,30). The molecule has 0 saturated carbocycles. The summed E-state index contributed by atoms with van der Waals surface area (Å²) in [6, 6.07) is 8.97. The molecule has 0 aliphatic carbocycles. The highest BCUT2D eigenvalue weighted by atomic mass is 35.5. The molecule has 2 aromatic carbocycles. The third-order valence-corrected chi connectivity index (χ3v) is 7.18. The van der Waals surface area contributed by atoms with E-state index in [4.69, 9.17) is 16.7 Å². The highest BCUT2D eigenvalue weighted by Crippen LogP contribution is 2.27. The second kappa shape index (κ2) is 10.2. The lowest BCUT2D eigenvalue weighted by Gasteiger charge is -2.18. The molecule has 0 bridgehead atoms. The van der Waals surface area contributed by atoms with E-state index in [9.17, 15) is 17.6 Å². The first-order chi connectivity index (χ1) is 15.1. The number of aryl methyl sites for hydroxylation is 1. The molecule has 11 heteroatoms. The Kier molecular flexibility index (Phi) is 7.81. The number of nitrogens with two attached hydrogens (primary N) is 1. The number of fused-ring (bicyclic) bond motifs is 1. The van der Waals surface area contributed by atoms with Crippen LogP contribution in [0.2, 0.25) is 5.02 Å². The first-order valence-electron chi connectivity index (χ1n) is 9.94. The third kappa shape index (κ3) is 5.61. The molecule has 0 aliphatic heterocycles. The van der Waals surface area contributed by atoms with Gasteiger partial charge in [-0.05, 0) is 36.8 Å². The second-order valence-electron chi connectivity index (χ2n) is 7.33. The molecule has 0 aliphatic rings. The molecule has 1 heterocycles. The van der Waals surface area contributed by atoms with Gasteiger partial charge in [-0.1, -0.05) is 42.8 Å². The zero-order valence-corrected chi connectivity index (χ0v) is 20.1. The van der Waals surface area contributed by atoms with E-state index in [2.05, 4.69) is 11.9 Å². The monoisotopic (exact) mass is 498 g/mol. The normalized spacial score (nSPS) is 11.8. The number of imidazole rings is 1. The maximum absolute atomic E-state index is 14.0. The fourth-order valence-electron chi connectivity index (χ4n) is 3.15.